The lowest BCUT2D eigenvalue weighted by Gasteiger charge is -2.13. The summed E-state index contributed by atoms with van der Waals surface area (Å²) in [6, 6.07) is 8.51. The van der Waals surface area contributed by atoms with Gasteiger partial charge in [-0.05, 0) is 35.9 Å². The van der Waals surface area contributed by atoms with E-state index >= 15 is 0 Å². The highest BCUT2D eigenvalue weighted by Crippen LogP contribution is 2.38. The Bertz CT molecular complexity index is 1360. The lowest BCUT2D eigenvalue weighted by molar-refractivity contribution is -0.275. The topological polar surface area (TPSA) is 95.4 Å². The maximum atomic E-state index is 12.8. The van der Waals surface area contributed by atoms with Crippen molar-refractivity contribution in [1.29, 1.82) is 0 Å². The van der Waals surface area contributed by atoms with Crippen LogP contribution in [-0.4, -0.2) is 31.2 Å². The fourth-order valence-corrected chi connectivity index (χ4v) is 3.77. The van der Waals surface area contributed by atoms with Gasteiger partial charge in [0.15, 0.2) is 9.84 Å². The standard InChI is InChI=1S/C19H13F3N2O5S/c1-10-23-24-18(28-10)12-3-5-15-13(7-12)14(9-27-15)11-4-6-17(30(2,25)26)16(8-11)29-19(20,21)22/h3-9H,1-2H3. The molecule has 2 heterocycles. The van der Waals surface area contributed by atoms with E-state index in [0.29, 0.717) is 28.0 Å². The van der Waals surface area contributed by atoms with Crippen LogP contribution in [-0.2, 0) is 9.84 Å². The average Bonchev–Trinajstić information content (AvgIpc) is 3.25. The first-order valence-electron chi connectivity index (χ1n) is 8.43. The van der Waals surface area contributed by atoms with E-state index in [-0.39, 0.29) is 11.5 Å². The van der Waals surface area contributed by atoms with Gasteiger partial charge in [-0.1, -0.05) is 6.07 Å². The van der Waals surface area contributed by atoms with Gasteiger partial charge in [-0.15, -0.1) is 23.4 Å². The van der Waals surface area contributed by atoms with Crippen LogP contribution in [0, 0.1) is 6.92 Å². The van der Waals surface area contributed by atoms with Gasteiger partial charge in [-0.2, -0.15) is 0 Å². The molecule has 7 nitrogen and oxygen atoms in total. The Morgan fingerprint density at radius 1 is 1.03 bits per heavy atom. The molecule has 0 saturated heterocycles. The van der Waals surface area contributed by atoms with Crippen LogP contribution < -0.4 is 4.74 Å². The second-order valence-electron chi connectivity index (χ2n) is 6.47. The second kappa shape index (κ2) is 6.87. The molecule has 0 N–H and O–H groups in total. The molecule has 2 aromatic carbocycles. The van der Waals surface area contributed by atoms with E-state index in [0.717, 1.165) is 18.4 Å². The molecular formula is C19H13F3N2O5S. The number of hydrogen-bond acceptors (Lipinski definition) is 7. The van der Waals surface area contributed by atoms with Gasteiger partial charge in [0.25, 0.3) is 0 Å². The Labute approximate surface area is 168 Å². The van der Waals surface area contributed by atoms with Gasteiger partial charge in [0.1, 0.15) is 16.2 Å². The summed E-state index contributed by atoms with van der Waals surface area (Å²) >= 11 is 0. The molecule has 30 heavy (non-hydrogen) atoms. The summed E-state index contributed by atoms with van der Waals surface area (Å²) in [5, 5.41) is 8.28. The number of fused-ring (bicyclic) bond motifs is 1. The van der Waals surface area contributed by atoms with E-state index < -0.39 is 26.8 Å². The maximum absolute atomic E-state index is 12.8. The minimum Gasteiger partial charge on any atom is -0.464 e. The zero-order valence-corrected chi connectivity index (χ0v) is 16.3. The Morgan fingerprint density at radius 3 is 2.40 bits per heavy atom. The van der Waals surface area contributed by atoms with Crippen LogP contribution in [0.2, 0.25) is 0 Å². The Morgan fingerprint density at radius 2 is 1.77 bits per heavy atom. The smallest absolute Gasteiger partial charge is 0.464 e. The monoisotopic (exact) mass is 438 g/mol. The Hall–Kier alpha value is -3.34. The third-order valence-corrected chi connectivity index (χ3v) is 5.36. The Balaban J connectivity index is 1.86. The van der Waals surface area contributed by atoms with Crippen LogP contribution >= 0.6 is 0 Å². The minimum absolute atomic E-state index is 0.273. The molecule has 0 aliphatic rings. The fraction of sp³-hybridized carbons (Fsp3) is 0.158. The first-order valence-corrected chi connectivity index (χ1v) is 10.3. The SMILES string of the molecule is Cc1nnc(-c2ccc3occ(-c4ccc(S(C)(=O)=O)c(OC(F)(F)F)c4)c3c2)o1. The van der Waals surface area contributed by atoms with Crippen molar-refractivity contribution in [3.05, 3.63) is 48.6 Å². The van der Waals surface area contributed by atoms with E-state index in [1.165, 1.54) is 12.3 Å². The van der Waals surface area contributed by atoms with Crippen molar-refractivity contribution >= 4 is 20.8 Å². The van der Waals surface area contributed by atoms with E-state index in [2.05, 4.69) is 14.9 Å². The minimum atomic E-state index is -5.06. The summed E-state index contributed by atoms with van der Waals surface area (Å²) in [7, 11) is -3.95. The summed E-state index contributed by atoms with van der Waals surface area (Å²) in [4.78, 5) is -0.571. The molecule has 0 unspecified atom stereocenters. The summed E-state index contributed by atoms with van der Waals surface area (Å²) in [5.41, 5.74) is 1.77. The molecule has 0 aliphatic heterocycles. The molecule has 0 spiro atoms. The molecule has 0 saturated carbocycles. The highest BCUT2D eigenvalue weighted by atomic mass is 32.2. The second-order valence-corrected chi connectivity index (χ2v) is 8.45. The van der Waals surface area contributed by atoms with Gasteiger partial charge in [0.05, 0.1) is 6.26 Å². The molecule has 0 amide bonds. The highest BCUT2D eigenvalue weighted by Gasteiger charge is 2.33. The summed E-state index contributed by atoms with van der Waals surface area (Å²) in [6.07, 6.45) is -2.89. The third kappa shape index (κ3) is 3.88. The molecule has 4 aromatic rings. The maximum Gasteiger partial charge on any atom is 0.573 e. The number of furan rings is 1. The normalized spacial score (nSPS) is 12.4. The van der Waals surface area contributed by atoms with Crippen LogP contribution in [0.5, 0.6) is 5.75 Å². The lowest BCUT2D eigenvalue weighted by Crippen LogP contribution is -2.18. The number of halogens is 3. The van der Waals surface area contributed by atoms with Gasteiger partial charge in [-0.25, -0.2) is 8.42 Å². The van der Waals surface area contributed by atoms with E-state index in [9.17, 15) is 21.6 Å². The number of aromatic nitrogens is 2. The van der Waals surface area contributed by atoms with Crippen molar-refractivity contribution in [3.63, 3.8) is 0 Å². The van der Waals surface area contributed by atoms with Gasteiger partial charge in [0, 0.05) is 29.7 Å². The fourth-order valence-electron chi connectivity index (χ4n) is 2.99. The molecule has 0 aliphatic carbocycles. The van der Waals surface area contributed by atoms with E-state index in [1.807, 2.05) is 0 Å². The van der Waals surface area contributed by atoms with Crippen molar-refractivity contribution in [1.82, 2.24) is 10.2 Å². The number of alkyl halides is 3. The first-order chi connectivity index (χ1) is 14.0. The van der Waals surface area contributed by atoms with Crippen molar-refractivity contribution in [3.8, 4) is 28.3 Å². The first kappa shape index (κ1) is 20.0. The summed E-state index contributed by atoms with van der Waals surface area (Å²) < 4.78 is 77.0. The molecule has 4 rings (SSSR count). The molecule has 156 valence electrons. The van der Waals surface area contributed by atoms with Gasteiger partial charge < -0.3 is 13.6 Å². The van der Waals surface area contributed by atoms with Crippen molar-refractivity contribution < 1.29 is 35.2 Å². The zero-order valence-electron chi connectivity index (χ0n) is 15.5. The zero-order chi connectivity index (χ0) is 21.7. The van der Waals surface area contributed by atoms with Crippen molar-refractivity contribution in [2.75, 3.05) is 6.26 Å². The number of aryl methyl sites for hydroxylation is 1. The van der Waals surface area contributed by atoms with Gasteiger partial charge in [0.2, 0.25) is 11.8 Å². The highest BCUT2D eigenvalue weighted by molar-refractivity contribution is 7.90. The average molecular weight is 438 g/mol. The van der Waals surface area contributed by atoms with Crippen molar-refractivity contribution in [2.24, 2.45) is 0 Å². The molecular weight excluding hydrogens is 425 g/mol. The van der Waals surface area contributed by atoms with Gasteiger partial charge in [-0.3, -0.25) is 0 Å². The number of benzene rings is 2. The molecule has 11 heteroatoms. The number of ether oxygens (including phenoxy) is 1. The largest absolute Gasteiger partial charge is 0.573 e. The number of hydrogen-bond donors (Lipinski definition) is 0. The van der Waals surface area contributed by atoms with E-state index in [1.54, 1.807) is 25.1 Å². The lowest BCUT2D eigenvalue weighted by atomic mass is 10.0. The van der Waals surface area contributed by atoms with Gasteiger partial charge >= 0.3 is 6.36 Å². The van der Waals surface area contributed by atoms with Crippen LogP contribution in [0.4, 0.5) is 13.2 Å². The third-order valence-electron chi connectivity index (χ3n) is 4.23. The van der Waals surface area contributed by atoms with Crippen LogP contribution in [0.25, 0.3) is 33.6 Å². The molecule has 0 bridgehead atoms. The molecule has 0 radical (unpaired) electrons. The summed E-state index contributed by atoms with van der Waals surface area (Å²) in [5.74, 6) is -0.168. The van der Waals surface area contributed by atoms with Crippen molar-refractivity contribution in [2.45, 2.75) is 18.2 Å². The van der Waals surface area contributed by atoms with Crippen LogP contribution in [0.3, 0.4) is 0 Å². The Kier molecular flexibility index (Phi) is 4.57. The van der Waals surface area contributed by atoms with Crippen LogP contribution in [0.15, 0.2) is 56.4 Å². The van der Waals surface area contributed by atoms with E-state index in [4.69, 9.17) is 8.83 Å². The molecule has 2 aromatic heterocycles. The number of sulfone groups is 1. The van der Waals surface area contributed by atoms with Crippen LogP contribution in [0.1, 0.15) is 5.89 Å². The number of rotatable bonds is 4. The summed E-state index contributed by atoms with van der Waals surface area (Å²) in [6.45, 7) is 1.64. The number of nitrogens with zero attached hydrogens (tertiary/aromatic N) is 2. The quantitative estimate of drug-likeness (QED) is 0.453. The predicted octanol–water partition coefficient (Wildman–Crippen LogP) is 4.76. The predicted molar refractivity (Wildman–Crippen MR) is 99.5 cm³/mol. The molecule has 0 fully saturated rings. The molecule has 0 atom stereocenters.